The second-order valence-corrected chi connectivity index (χ2v) is 5.86. The molecule has 0 aromatic heterocycles. The van der Waals surface area contributed by atoms with Crippen molar-refractivity contribution in [3.05, 3.63) is 28.2 Å². The number of nitrogens with one attached hydrogen (secondary N) is 1. The third kappa shape index (κ3) is 4.79. The monoisotopic (exact) mass is 294 g/mol. The first-order valence-corrected chi connectivity index (χ1v) is 6.65. The van der Waals surface area contributed by atoms with Gasteiger partial charge in [0.15, 0.2) is 0 Å². The number of hydrogen-bond donors (Lipinski definition) is 1. The van der Waals surface area contributed by atoms with E-state index in [0.29, 0.717) is 0 Å². The lowest BCUT2D eigenvalue weighted by molar-refractivity contribution is 0.441. The third-order valence-electron chi connectivity index (χ3n) is 2.72. The topological polar surface area (TPSA) is 35.8 Å². The molecule has 0 heterocycles. The minimum atomic E-state index is -0.216. The Morgan fingerprint density at radius 3 is 2.71 bits per heavy atom. The Hall–Kier alpha value is -1.01. The molecule has 2 nitrogen and oxygen atoms in total. The highest BCUT2D eigenvalue weighted by atomic mass is 79.9. The zero-order valence-corrected chi connectivity index (χ0v) is 12.3. The van der Waals surface area contributed by atoms with Crippen LogP contribution < -0.4 is 5.32 Å². The molecule has 0 aliphatic heterocycles. The van der Waals surface area contributed by atoms with Crippen molar-refractivity contribution in [2.45, 2.75) is 33.6 Å². The average molecular weight is 295 g/mol. The van der Waals surface area contributed by atoms with Crippen LogP contribution in [0.1, 0.15) is 32.3 Å². The Bertz CT molecular complexity index is 419. The second kappa shape index (κ2) is 6.07. The Balaban J connectivity index is 2.39. The van der Waals surface area contributed by atoms with Gasteiger partial charge in [-0.1, -0.05) is 6.07 Å². The Morgan fingerprint density at radius 2 is 2.12 bits per heavy atom. The lowest BCUT2D eigenvalue weighted by Crippen LogP contribution is -2.11. The SMILES string of the molecule is Cc1ccc(NCCCC(C)(C)C#N)c(Br)c1. The van der Waals surface area contributed by atoms with Crippen molar-refractivity contribution in [2.75, 3.05) is 11.9 Å². The van der Waals surface area contributed by atoms with Gasteiger partial charge in [-0.15, -0.1) is 0 Å². The summed E-state index contributed by atoms with van der Waals surface area (Å²) in [6, 6.07) is 8.59. The number of benzene rings is 1. The summed E-state index contributed by atoms with van der Waals surface area (Å²) < 4.78 is 1.09. The summed E-state index contributed by atoms with van der Waals surface area (Å²) in [6.07, 6.45) is 1.92. The number of halogens is 1. The molecule has 0 saturated heterocycles. The quantitative estimate of drug-likeness (QED) is 0.812. The van der Waals surface area contributed by atoms with Crippen LogP contribution in [0.3, 0.4) is 0 Å². The van der Waals surface area contributed by atoms with Crippen LogP contribution in [0.5, 0.6) is 0 Å². The molecule has 0 unspecified atom stereocenters. The van der Waals surface area contributed by atoms with E-state index in [-0.39, 0.29) is 5.41 Å². The molecule has 1 aromatic rings. The summed E-state index contributed by atoms with van der Waals surface area (Å²) in [4.78, 5) is 0. The molecule has 92 valence electrons. The van der Waals surface area contributed by atoms with Crippen LogP contribution in [0.2, 0.25) is 0 Å². The highest BCUT2D eigenvalue weighted by molar-refractivity contribution is 9.10. The molecule has 1 rings (SSSR count). The largest absolute Gasteiger partial charge is 0.384 e. The van der Waals surface area contributed by atoms with Gasteiger partial charge in [-0.25, -0.2) is 0 Å². The maximum absolute atomic E-state index is 8.91. The molecule has 1 N–H and O–H groups in total. The molecular formula is C14H19BrN2. The molecule has 0 fully saturated rings. The van der Waals surface area contributed by atoms with Gasteiger partial charge in [-0.05, 0) is 67.2 Å². The van der Waals surface area contributed by atoms with Gasteiger partial charge >= 0.3 is 0 Å². The van der Waals surface area contributed by atoms with E-state index >= 15 is 0 Å². The summed E-state index contributed by atoms with van der Waals surface area (Å²) in [7, 11) is 0. The average Bonchev–Trinajstić information content (AvgIpc) is 2.27. The van der Waals surface area contributed by atoms with Crippen molar-refractivity contribution in [2.24, 2.45) is 5.41 Å². The number of nitriles is 1. The first kappa shape index (κ1) is 14.1. The van der Waals surface area contributed by atoms with Crippen LogP contribution in [0.15, 0.2) is 22.7 Å². The number of anilines is 1. The van der Waals surface area contributed by atoms with Gasteiger partial charge in [0.1, 0.15) is 0 Å². The molecule has 17 heavy (non-hydrogen) atoms. The Labute approximate surface area is 112 Å². The van der Waals surface area contributed by atoms with Crippen LogP contribution in [-0.4, -0.2) is 6.54 Å². The fraction of sp³-hybridized carbons (Fsp3) is 0.500. The molecule has 0 spiro atoms. The molecule has 0 atom stereocenters. The van der Waals surface area contributed by atoms with E-state index in [1.165, 1.54) is 5.56 Å². The van der Waals surface area contributed by atoms with E-state index in [1.807, 2.05) is 13.8 Å². The number of aryl methyl sites for hydroxylation is 1. The van der Waals surface area contributed by atoms with Gasteiger partial charge in [-0.3, -0.25) is 0 Å². The molecule has 0 amide bonds. The zero-order valence-electron chi connectivity index (χ0n) is 10.7. The molecule has 0 bridgehead atoms. The smallest absolute Gasteiger partial charge is 0.0683 e. The fourth-order valence-electron chi connectivity index (χ4n) is 1.57. The van der Waals surface area contributed by atoms with Gasteiger partial charge in [0.25, 0.3) is 0 Å². The predicted octanol–water partition coefficient (Wildman–Crippen LogP) is 4.50. The summed E-state index contributed by atoms with van der Waals surface area (Å²) in [5, 5.41) is 12.3. The fourth-order valence-corrected chi connectivity index (χ4v) is 2.21. The van der Waals surface area contributed by atoms with Crippen LogP contribution in [0.4, 0.5) is 5.69 Å². The van der Waals surface area contributed by atoms with Crippen LogP contribution >= 0.6 is 15.9 Å². The van der Waals surface area contributed by atoms with Gasteiger partial charge in [0.2, 0.25) is 0 Å². The van der Waals surface area contributed by atoms with Crippen LogP contribution in [-0.2, 0) is 0 Å². The van der Waals surface area contributed by atoms with Gasteiger partial charge in [0, 0.05) is 16.7 Å². The van der Waals surface area contributed by atoms with Crippen molar-refractivity contribution in [3.8, 4) is 6.07 Å². The standard InChI is InChI=1S/C14H19BrN2/c1-11-5-6-13(12(15)9-11)17-8-4-7-14(2,3)10-16/h5-6,9,17H,4,7-8H2,1-3H3. The highest BCUT2D eigenvalue weighted by Gasteiger charge is 2.15. The van der Waals surface area contributed by atoms with Crippen LogP contribution in [0.25, 0.3) is 0 Å². The predicted molar refractivity (Wildman–Crippen MR) is 76.0 cm³/mol. The van der Waals surface area contributed by atoms with Gasteiger partial charge in [-0.2, -0.15) is 5.26 Å². The minimum Gasteiger partial charge on any atom is -0.384 e. The van der Waals surface area contributed by atoms with E-state index in [4.69, 9.17) is 5.26 Å². The van der Waals surface area contributed by atoms with E-state index in [2.05, 4.69) is 52.4 Å². The maximum Gasteiger partial charge on any atom is 0.0683 e. The van der Waals surface area contributed by atoms with Gasteiger partial charge in [0.05, 0.1) is 11.5 Å². The first-order chi connectivity index (χ1) is 7.94. The summed E-state index contributed by atoms with van der Waals surface area (Å²) >= 11 is 3.54. The van der Waals surface area contributed by atoms with E-state index in [1.54, 1.807) is 0 Å². The van der Waals surface area contributed by atoms with Crippen molar-refractivity contribution in [1.82, 2.24) is 0 Å². The maximum atomic E-state index is 8.91. The molecular weight excluding hydrogens is 276 g/mol. The van der Waals surface area contributed by atoms with E-state index in [0.717, 1.165) is 29.5 Å². The molecule has 0 aliphatic carbocycles. The Kier molecular flexibility index (Phi) is 5.02. The van der Waals surface area contributed by atoms with E-state index < -0.39 is 0 Å². The van der Waals surface area contributed by atoms with Crippen molar-refractivity contribution >= 4 is 21.6 Å². The third-order valence-corrected chi connectivity index (χ3v) is 3.38. The highest BCUT2D eigenvalue weighted by Crippen LogP contribution is 2.24. The molecule has 3 heteroatoms. The van der Waals surface area contributed by atoms with E-state index in [9.17, 15) is 0 Å². The minimum absolute atomic E-state index is 0.216. The molecule has 0 aliphatic rings. The van der Waals surface area contributed by atoms with Crippen molar-refractivity contribution < 1.29 is 0 Å². The number of hydrogen-bond acceptors (Lipinski definition) is 2. The van der Waals surface area contributed by atoms with Gasteiger partial charge < -0.3 is 5.32 Å². The number of nitrogens with zero attached hydrogens (tertiary/aromatic N) is 1. The summed E-state index contributed by atoms with van der Waals surface area (Å²) in [5.74, 6) is 0. The molecule has 0 saturated carbocycles. The normalized spacial score (nSPS) is 11.0. The summed E-state index contributed by atoms with van der Waals surface area (Å²) in [5.41, 5.74) is 2.14. The zero-order chi connectivity index (χ0) is 12.9. The number of rotatable bonds is 5. The lowest BCUT2D eigenvalue weighted by atomic mass is 9.90. The molecule has 0 radical (unpaired) electrons. The molecule has 1 aromatic carbocycles. The second-order valence-electron chi connectivity index (χ2n) is 5.01. The summed E-state index contributed by atoms with van der Waals surface area (Å²) in [6.45, 7) is 6.93. The van der Waals surface area contributed by atoms with Crippen molar-refractivity contribution in [3.63, 3.8) is 0 Å². The van der Waals surface area contributed by atoms with Crippen LogP contribution in [0, 0.1) is 23.7 Å². The lowest BCUT2D eigenvalue weighted by Gasteiger charge is -2.15. The van der Waals surface area contributed by atoms with Crippen molar-refractivity contribution in [1.29, 1.82) is 5.26 Å². The first-order valence-electron chi connectivity index (χ1n) is 5.86. The Morgan fingerprint density at radius 1 is 1.41 bits per heavy atom.